The molecule has 3 rings (SSSR count). The van der Waals surface area contributed by atoms with E-state index < -0.39 is 0 Å². The van der Waals surface area contributed by atoms with E-state index in [1.807, 2.05) is 0 Å². The van der Waals surface area contributed by atoms with Crippen molar-refractivity contribution in [2.24, 2.45) is 4.99 Å². The minimum Gasteiger partial charge on any atom is -0.355 e. The van der Waals surface area contributed by atoms with Gasteiger partial charge in [0.2, 0.25) is 0 Å². The summed E-state index contributed by atoms with van der Waals surface area (Å²) in [6, 6.07) is 7.03. The number of nitrogens with one attached hydrogen (secondary N) is 2. The van der Waals surface area contributed by atoms with Crippen LogP contribution in [0.25, 0.3) is 0 Å². The average Bonchev–Trinajstić information content (AvgIpc) is 2.90. The molecule has 0 spiro atoms. The molecule has 3 heteroatoms. The van der Waals surface area contributed by atoms with Crippen molar-refractivity contribution in [1.29, 1.82) is 0 Å². The Labute approximate surface area is 96.0 Å². The fourth-order valence-corrected chi connectivity index (χ4v) is 2.65. The molecule has 1 aliphatic carbocycles. The van der Waals surface area contributed by atoms with Crippen molar-refractivity contribution in [2.75, 3.05) is 13.1 Å². The van der Waals surface area contributed by atoms with Crippen LogP contribution >= 0.6 is 0 Å². The Morgan fingerprint density at radius 1 is 1.44 bits per heavy atom. The zero-order chi connectivity index (χ0) is 11.0. The van der Waals surface area contributed by atoms with E-state index in [4.69, 9.17) is 0 Å². The maximum Gasteiger partial charge on any atom is 0.191 e. The molecule has 1 aromatic carbocycles. The first-order chi connectivity index (χ1) is 7.84. The molecule has 1 aromatic rings. The predicted octanol–water partition coefficient (Wildman–Crippen LogP) is 1.53. The molecule has 0 saturated heterocycles. The van der Waals surface area contributed by atoms with Crippen LogP contribution in [-0.4, -0.2) is 19.0 Å². The maximum absolute atomic E-state index is 4.39. The molecule has 1 aliphatic heterocycles. The van der Waals surface area contributed by atoms with Gasteiger partial charge in [0.15, 0.2) is 5.96 Å². The van der Waals surface area contributed by atoms with Crippen molar-refractivity contribution in [3.05, 3.63) is 34.9 Å². The zero-order valence-corrected chi connectivity index (χ0v) is 9.59. The Bertz CT molecular complexity index is 437. The average molecular weight is 215 g/mol. The van der Waals surface area contributed by atoms with Gasteiger partial charge in [0.25, 0.3) is 0 Å². The summed E-state index contributed by atoms with van der Waals surface area (Å²) in [5, 5.41) is 6.77. The number of hydrogen-bond acceptors (Lipinski definition) is 3. The number of rotatable bonds is 1. The van der Waals surface area contributed by atoms with Crippen molar-refractivity contribution < 1.29 is 0 Å². The molecule has 0 bridgehead atoms. The first-order valence-corrected chi connectivity index (χ1v) is 5.98. The van der Waals surface area contributed by atoms with Gasteiger partial charge in [-0.05, 0) is 36.5 Å². The highest BCUT2D eigenvalue weighted by Gasteiger charge is 2.24. The molecule has 2 aliphatic rings. The van der Waals surface area contributed by atoms with Crippen molar-refractivity contribution >= 4 is 5.96 Å². The van der Waals surface area contributed by atoms with E-state index in [0.29, 0.717) is 6.04 Å². The van der Waals surface area contributed by atoms with Crippen LogP contribution in [0.3, 0.4) is 0 Å². The Kier molecular flexibility index (Phi) is 2.31. The molecule has 16 heavy (non-hydrogen) atoms. The Morgan fingerprint density at radius 3 is 3.19 bits per heavy atom. The molecular weight excluding hydrogens is 198 g/mol. The SMILES string of the molecule is Cc1cccc2c1CCC2NC1=NCCN1. The number of nitrogens with zero attached hydrogens (tertiary/aromatic N) is 1. The van der Waals surface area contributed by atoms with E-state index in [1.165, 1.54) is 29.5 Å². The lowest BCUT2D eigenvalue weighted by Crippen LogP contribution is -2.35. The second kappa shape index (κ2) is 3.81. The second-order valence-corrected chi connectivity index (χ2v) is 4.54. The second-order valence-electron chi connectivity index (χ2n) is 4.54. The third kappa shape index (κ3) is 1.56. The largest absolute Gasteiger partial charge is 0.355 e. The van der Waals surface area contributed by atoms with Crippen LogP contribution in [0.2, 0.25) is 0 Å². The molecule has 0 amide bonds. The lowest BCUT2D eigenvalue weighted by Gasteiger charge is -2.15. The van der Waals surface area contributed by atoms with Crippen molar-refractivity contribution in [2.45, 2.75) is 25.8 Å². The Balaban J connectivity index is 1.83. The number of benzene rings is 1. The van der Waals surface area contributed by atoms with Gasteiger partial charge in [-0.15, -0.1) is 0 Å². The van der Waals surface area contributed by atoms with Crippen molar-refractivity contribution in [3.63, 3.8) is 0 Å². The maximum atomic E-state index is 4.39. The van der Waals surface area contributed by atoms with E-state index in [-0.39, 0.29) is 0 Å². The third-order valence-electron chi connectivity index (χ3n) is 3.49. The summed E-state index contributed by atoms with van der Waals surface area (Å²) in [5.41, 5.74) is 4.40. The minimum atomic E-state index is 0.444. The normalized spacial score (nSPS) is 22.6. The number of aryl methyl sites for hydroxylation is 1. The molecule has 0 aromatic heterocycles. The molecule has 1 atom stereocenters. The Hall–Kier alpha value is -1.51. The third-order valence-corrected chi connectivity index (χ3v) is 3.49. The van der Waals surface area contributed by atoms with E-state index >= 15 is 0 Å². The molecule has 3 nitrogen and oxygen atoms in total. The van der Waals surface area contributed by atoms with Gasteiger partial charge in [-0.25, -0.2) is 0 Å². The summed E-state index contributed by atoms with van der Waals surface area (Å²) in [5.74, 6) is 0.972. The number of hydrogen-bond donors (Lipinski definition) is 2. The molecule has 0 fully saturated rings. The van der Waals surface area contributed by atoms with Crippen LogP contribution in [0.15, 0.2) is 23.2 Å². The van der Waals surface area contributed by atoms with Gasteiger partial charge in [0.1, 0.15) is 0 Å². The monoisotopic (exact) mass is 215 g/mol. The predicted molar refractivity (Wildman–Crippen MR) is 65.7 cm³/mol. The molecule has 1 unspecified atom stereocenters. The summed E-state index contributed by atoms with van der Waals surface area (Å²) >= 11 is 0. The van der Waals surface area contributed by atoms with Crippen LogP contribution < -0.4 is 10.6 Å². The van der Waals surface area contributed by atoms with Crippen LogP contribution in [0.1, 0.15) is 29.2 Å². The summed E-state index contributed by atoms with van der Waals surface area (Å²) in [7, 11) is 0. The van der Waals surface area contributed by atoms with Crippen molar-refractivity contribution in [1.82, 2.24) is 10.6 Å². The van der Waals surface area contributed by atoms with Crippen molar-refractivity contribution in [3.8, 4) is 0 Å². The first-order valence-electron chi connectivity index (χ1n) is 5.98. The molecule has 84 valence electrons. The van der Waals surface area contributed by atoms with E-state index in [0.717, 1.165) is 19.0 Å². The van der Waals surface area contributed by atoms with Gasteiger partial charge in [0.05, 0.1) is 12.6 Å². The molecule has 0 radical (unpaired) electrons. The van der Waals surface area contributed by atoms with Gasteiger partial charge in [-0.1, -0.05) is 18.2 Å². The highest BCUT2D eigenvalue weighted by molar-refractivity contribution is 5.81. The lowest BCUT2D eigenvalue weighted by atomic mass is 10.0. The summed E-state index contributed by atoms with van der Waals surface area (Å²) in [4.78, 5) is 4.39. The van der Waals surface area contributed by atoms with Gasteiger partial charge in [-0.2, -0.15) is 0 Å². The topological polar surface area (TPSA) is 36.4 Å². The molecule has 0 saturated carbocycles. The summed E-state index contributed by atoms with van der Waals surface area (Å²) in [6.07, 6.45) is 2.37. The fraction of sp³-hybridized carbons (Fsp3) is 0.462. The van der Waals surface area contributed by atoms with Gasteiger partial charge in [-0.3, -0.25) is 4.99 Å². The minimum absolute atomic E-state index is 0.444. The highest BCUT2D eigenvalue weighted by atomic mass is 15.2. The molecule has 1 heterocycles. The Morgan fingerprint density at radius 2 is 2.38 bits per heavy atom. The van der Waals surface area contributed by atoms with Crippen LogP contribution in [0.4, 0.5) is 0 Å². The van der Waals surface area contributed by atoms with Crippen LogP contribution in [0.5, 0.6) is 0 Å². The summed E-state index contributed by atoms with van der Waals surface area (Å²) in [6.45, 7) is 4.07. The van der Waals surface area contributed by atoms with Crippen LogP contribution in [0, 0.1) is 6.92 Å². The fourth-order valence-electron chi connectivity index (χ4n) is 2.65. The first kappa shape index (κ1) is 9.70. The lowest BCUT2D eigenvalue weighted by molar-refractivity contribution is 0.631. The zero-order valence-electron chi connectivity index (χ0n) is 9.59. The van der Waals surface area contributed by atoms with E-state index in [9.17, 15) is 0 Å². The van der Waals surface area contributed by atoms with Gasteiger partial charge < -0.3 is 10.6 Å². The highest BCUT2D eigenvalue weighted by Crippen LogP contribution is 2.32. The van der Waals surface area contributed by atoms with Crippen LogP contribution in [-0.2, 0) is 6.42 Å². The van der Waals surface area contributed by atoms with E-state index in [1.54, 1.807) is 0 Å². The standard InChI is InChI=1S/C13H17N3/c1-9-3-2-4-11-10(9)5-6-12(11)16-13-14-7-8-15-13/h2-4,12H,5-8H2,1H3,(H2,14,15,16). The summed E-state index contributed by atoms with van der Waals surface area (Å²) < 4.78 is 0. The molecular formula is C13H17N3. The number of guanidine groups is 1. The quantitative estimate of drug-likeness (QED) is 0.745. The number of fused-ring (bicyclic) bond motifs is 1. The van der Waals surface area contributed by atoms with Gasteiger partial charge in [0, 0.05) is 6.54 Å². The number of aliphatic imine (C=N–C) groups is 1. The van der Waals surface area contributed by atoms with E-state index in [2.05, 4.69) is 40.7 Å². The smallest absolute Gasteiger partial charge is 0.191 e. The molecule has 2 N–H and O–H groups in total. The van der Waals surface area contributed by atoms with Gasteiger partial charge >= 0.3 is 0 Å².